The molecule has 0 aliphatic carbocycles. The summed E-state index contributed by atoms with van der Waals surface area (Å²) in [6.07, 6.45) is 0.484. The van der Waals surface area contributed by atoms with E-state index in [1.54, 1.807) is 13.8 Å². The molecule has 0 fully saturated rings. The van der Waals surface area contributed by atoms with Crippen LogP contribution in [0.4, 0.5) is 0 Å². The number of hydrogen-bond donors (Lipinski definition) is 1. The molecule has 0 saturated carbocycles. The first-order valence-electron chi connectivity index (χ1n) is 9.30. The van der Waals surface area contributed by atoms with Crippen LogP contribution in [-0.2, 0) is 30.4 Å². The van der Waals surface area contributed by atoms with Crippen molar-refractivity contribution in [3.05, 3.63) is 35.9 Å². The Hall–Kier alpha value is -1.15. The summed E-state index contributed by atoms with van der Waals surface area (Å²) in [7, 11) is -3.79. The summed E-state index contributed by atoms with van der Waals surface area (Å²) in [6.45, 7) is 6.92. The summed E-state index contributed by atoms with van der Waals surface area (Å²) in [5.41, 5.74) is -1.88. The third kappa shape index (κ3) is 7.03. The van der Waals surface area contributed by atoms with Gasteiger partial charge in [-0.2, -0.15) is 8.42 Å². The Balaban J connectivity index is 3.11. The second-order valence-corrected chi connectivity index (χ2v) is 10.1. The van der Waals surface area contributed by atoms with Crippen molar-refractivity contribution in [1.82, 2.24) is 0 Å². The first-order valence-corrected chi connectivity index (χ1v) is 11.4. The minimum Gasteiger partial charge on any atom is -0.479 e. The van der Waals surface area contributed by atoms with Gasteiger partial charge in [-0.15, -0.1) is 11.6 Å². The third-order valence-corrected chi connectivity index (χ3v) is 6.12. The van der Waals surface area contributed by atoms with Gasteiger partial charge in [0.05, 0.1) is 19.0 Å². The predicted octanol–water partition coefficient (Wildman–Crippen LogP) is 4.07. The van der Waals surface area contributed by atoms with Crippen LogP contribution < -0.4 is 0 Å². The number of aliphatic carboxylic acids is 1. The van der Waals surface area contributed by atoms with Gasteiger partial charge in [-0.05, 0) is 24.3 Å². The molecule has 1 rings (SSSR count). The molecular weight excluding hydrogens is 404 g/mol. The molecule has 8 heteroatoms. The summed E-state index contributed by atoms with van der Waals surface area (Å²) in [6, 6.07) is 9.26. The summed E-state index contributed by atoms with van der Waals surface area (Å²) in [5.74, 6) is -1.12. The van der Waals surface area contributed by atoms with Gasteiger partial charge >= 0.3 is 5.97 Å². The van der Waals surface area contributed by atoms with Crippen LogP contribution in [0.1, 0.15) is 46.1 Å². The first-order chi connectivity index (χ1) is 13.0. The van der Waals surface area contributed by atoms with E-state index in [1.165, 1.54) is 0 Å². The lowest BCUT2D eigenvalue weighted by molar-refractivity contribution is -0.196. The Morgan fingerprint density at radius 2 is 1.82 bits per heavy atom. The minimum absolute atomic E-state index is 0.0130. The molecule has 0 aromatic heterocycles. The molecule has 1 atom stereocenters. The van der Waals surface area contributed by atoms with Crippen LogP contribution in [0.5, 0.6) is 0 Å². The Bertz CT molecular complexity index is 717. The summed E-state index contributed by atoms with van der Waals surface area (Å²) >= 11 is 5.55. The lowest BCUT2D eigenvalue weighted by Gasteiger charge is -2.43. The van der Waals surface area contributed by atoms with E-state index in [2.05, 4.69) is 0 Å². The maximum atomic E-state index is 12.4. The number of hydrogen-bond acceptors (Lipinski definition) is 5. The SMILES string of the molecule is CC(C)C[C@@](OCc1ccccc1)(C(=O)O)C(C)(C)COS(=O)(=O)CCCCl. The molecule has 0 spiro atoms. The molecule has 0 aliphatic rings. The van der Waals surface area contributed by atoms with Crippen molar-refractivity contribution < 1.29 is 27.2 Å². The van der Waals surface area contributed by atoms with Crippen LogP contribution in [0.2, 0.25) is 0 Å². The topological polar surface area (TPSA) is 89.9 Å². The summed E-state index contributed by atoms with van der Waals surface area (Å²) < 4.78 is 35.3. The zero-order chi connectivity index (χ0) is 21.4. The fourth-order valence-corrected chi connectivity index (χ4v) is 4.35. The number of rotatable bonds is 13. The van der Waals surface area contributed by atoms with Crippen molar-refractivity contribution in [1.29, 1.82) is 0 Å². The number of benzene rings is 1. The normalized spacial score (nSPS) is 14.8. The minimum atomic E-state index is -3.79. The second kappa shape index (κ2) is 10.6. The number of ether oxygens (including phenoxy) is 1. The van der Waals surface area contributed by atoms with Gasteiger partial charge < -0.3 is 9.84 Å². The highest BCUT2D eigenvalue weighted by molar-refractivity contribution is 7.86. The van der Waals surface area contributed by atoms with Crippen LogP contribution in [0.3, 0.4) is 0 Å². The van der Waals surface area contributed by atoms with Gasteiger partial charge in [0.25, 0.3) is 10.1 Å². The van der Waals surface area contributed by atoms with E-state index in [-0.39, 0.29) is 43.6 Å². The van der Waals surface area contributed by atoms with Crippen LogP contribution >= 0.6 is 11.6 Å². The molecule has 0 aliphatic heterocycles. The molecule has 0 heterocycles. The van der Waals surface area contributed by atoms with Crippen molar-refractivity contribution in [2.75, 3.05) is 18.2 Å². The molecule has 1 N–H and O–H groups in total. The maximum absolute atomic E-state index is 12.4. The van der Waals surface area contributed by atoms with Gasteiger partial charge in [-0.1, -0.05) is 58.0 Å². The van der Waals surface area contributed by atoms with E-state index in [4.69, 9.17) is 20.5 Å². The first kappa shape index (κ1) is 24.9. The molecule has 0 radical (unpaired) electrons. The van der Waals surface area contributed by atoms with Crippen LogP contribution in [-0.4, -0.2) is 43.3 Å². The molecule has 1 aromatic carbocycles. The Morgan fingerprint density at radius 1 is 1.21 bits per heavy atom. The Labute approximate surface area is 173 Å². The standard InChI is InChI=1S/C20H31ClO6S/c1-16(2)13-20(18(22)23,26-14-17-9-6-5-7-10-17)19(3,4)15-27-28(24,25)12-8-11-21/h5-7,9-10,16H,8,11-15H2,1-4H3,(H,22,23)/t20-/m1/s1. The number of carboxylic acid groups (broad SMARTS) is 1. The van der Waals surface area contributed by atoms with Crippen LogP contribution in [0.15, 0.2) is 30.3 Å². The third-order valence-electron chi connectivity index (χ3n) is 4.59. The average molecular weight is 435 g/mol. The Morgan fingerprint density at radius 3 is 2.32 bits per heavy atom. The van der Waals surface area contributed by atoms with Gasteiger partial charge in [0.15, 0.2) is 5.60 Å². The zero-order valence-electron chi connectivity index (χ0n) is 17.0. The number of halogens is 1. The average Bonchev–Trinajstić information content (AvgIpc) is 2.62. The van der Waals surface area contributed by atoms with Crippen LogP contribution in [0, 0.1) is 11.3 Å². The van der Waals surface area contributed by atoms with Crippen molar-refractivity contribution in [3.8, 4) is 0 Å². The molecule has 0 bridgehead atoms. The maximum Gasteiger partial charge on any atom is 0.336 e. The van der Waals surface area contributed by atoms with E-state index in [9.17, 15) is 18.3 Å². The second-order valence-electron chi connectivity index (χ2n) is 7.95. The molecule has 0 saturated heterocycles. The molecule has 28 heavy (non-hydrogen) atoms. The highest BCUT2D eigenvalue weighted by atomic mass is 35.5. The Kier molecular flexibility index (Phi) is 9.40. The molecule has 1 aromatic rings. The monoisotopic (exact) mass is 434 g/mol. The smallest absolute Gasteiger partial charge is 0.336 e. The lowest BCUT2D eigenvalue weighted by atomic mass is 9.71. The molecular formula is C20H31ClO6S. The van der Waals surface area contributed by atoms with E-state index >= 15 is 0 Å². The number of carbonyl (C=O) groups is 1. The lowest BCUT2D eigenvalue weighted by Crippen LogP contribution is -2.56. The number of carboxylic acids is 1. The fourth-order valence-electron chi connectivity index (χ4n) is 2.97. The molecule has 0 unspecified atom stereocenters. The van der Waals surface area contributed by atoms with E-state index in [0.29, 0.717) is 0 Å². The molecule has 160 valence electrons. The van der Waals surface area contributed by atoms with Crippen LogP contribution in [0.25, 0.3) is 0 Å². The van der Waals surface area contributed by atoms with Crippen molar-refractivity contribution in [2.24, 2.45) is 11.3 Å². The van der Waals surface area contributed by atoms with Gasteiger partial charge in [0.1, 0.15) is 0 Å². The van der Waals surface area contributed by atoms with Crippen molar-refractivity contribution in [3.63, 3.8) is 0 Å². The van der Waals surface area contributed by atoms with Gasteiger partial charge in [-0.25, -0.2) is 4.79 Å². The van der Waals surface area contributed by atoms with E-state index in [0.717, 1.165) is 5.56 Å². The van der Waals surface area contributed by atoms with Crippen molar-refractivity contribution >= 4 is 27.7 Å². The molecule has 6 nitrogen and oxygen atoms in total. The molecule has 0 amide bonds. The van der Waals surface area contributed by atoms with Gasteiger partial charge in [0, 0.05) is 11.3 Å². The van der Waals surface area contributed by atoms with E-state index < -0.39 is 27.1 Å². The quantitative estimate of drug-likeness (QED) is 0.371. The summed E-state index contributed by atoms with van der Waals surface area (Å²) in [5, 5.41) is 10.1. The largest absolute Gasteiger partial charge is 0.479 e. The highest BCUT2D eigenvalue weighted by Crippen LogP contribution is 2.41. The van der Waals surface area contributed by atoms with E-state index in [1.807, 2.05) is 44.2 Å². The number of alkyl halides is 1. The highest BCUT2D eigenvalue weighted by Gasteiger charge is 2.53. The fraction of sp³-hybridized carbons (Fsp3) is 0.650. The van der Waals surface area contributed by atoms with Gasteiger partial charge in [0.2, 0.25) is 0 Å². The van der Waals surface area contributed by atoms with Crippen molar-refractivity contribution in [2.45, 2.75) is 52.7 Å². The predicted molar refractivity (Wildman–Crippen MR) is 110 cm³/mol. The van der Waals surface area contributed by atoms with Gasteiger partial charge in [-0.3, -0.25) is 4.18 Å². The zero-order valence-corrected chi connectivity index (χ0v) is 18.6. The summed E-state index contributed by atoms with van der Waals surface area (Å²) in [4.78, 5) is 12.4.